The normalized spacial score (nSPS) is 20.9. The van der Waals surface area contributed by atoms with Gasteiger partial charge in [-0.2, -0.15) is 5.10 Å². The second-order valence-corrected chi connectivity index (χ2v) is 11.3. The van der Waals surface area contributed by atoms with E-state index in [9.17, 15) is 0 Å². The van der Waals surface area contributed by atoms with E-state index in [1.54, 1.807) is 4.68 Å². The molecule has 4 aromatic rings. The van der Waals surface area contributed by atoms with E-state index in [-0.39, 0.29) is 0 Å². The fourth-order valence-corrected chi connectivity index (χ4v) is 6.23. The molecule has 6 rings (SSSR count). The molecular formula is C31H38N6. The lowest BCUT2D eigenvalue weighted by atomic mass is 9.77. The molecule has 0 N–H and O–H groups in total. The van der Waals surface area contributed by atoms with E-state index in [2.05, 4.69) is 70.6 Å². The Hall–Kier alpha value is -3.28. The van der Waals surface area contributed by atoms with Gasteiger partial charge in [-0.3, -0.25) is 4.68 Å². The SMILES string of the molecule is Cc1cc(/C(=C/CCC2CCC(c3ccccc3)CC2)c2cnn(CC3CCC3)c2)c2nnn(C)c2n1. The molecule has 6 heteroatoms. The fourth-order valence-electron chi connectivity index (χ4n) is 6.23. The van der Waals surface area contributed by atoms with Crippen LogP contribution in [0.5, 0.6) is 0 Å². The Balaban J connectivity index is 1.22. The lowest BCUT2D eigenvalue weighted by Gasteiger charge is -2.28. The smallest absolute Gasteiger partial charge is 0.179 e. The van der Waals surface area contributed by atoms with Crippen molar-refractivity contribution in [3.63, 3.8) is 0 Å². The zero-order chi connectivity index (χ0) is 25.2. The number of hydrogen-bond donors (Lipinski definition) is 0. The molecule has 6 nitrogen and oxygen atoms in total. The highest BCUT2D eigenvalue weighted by atomic mass is 15.4. The Bertz CT molecular complexity index is 1370. The number of allylic oxidation sites excluding steroid dienone is 1. The van der Waals surface area contributed by atoms with Crippen molar-refractivity contribution in [3.05, 3.63) is 77.3 Å². The van der Waals surface area contributed by atoms with Gasteiger partial charge in [-0.25, -0.2) is 9.67 Å². The number of aryl methyl sites for hydroxylation is 2. The minimum atomic E-state index is 0.731. The molecule has 0 saturated heterocycles. The van der Waals surface area contributed by atoms with Crippen LogP contribution in [0.25, 0.3) is 16.7 Å². The Kier molecular flexibility index (Phi) is 6.90. The van der Waals surface area contributed by atoms with Crippen LogP contribution in [0.2, 0.25) is 0 Å². The van der Waals surface area contributed by atoms with Crippen LogP contribution >= 0.6 is 0 Å². The highest BCUT2D eigenvalue weighted by Crippen LogP contribution is 2.38. The van der Waals surface area contributed by atoms with Gasteiger partial charge >= 0.3 is 0 Å². The molecule has 2 saturated carbocycles. The molecule has 37 heavy (non-hydrogen) atoms. The van der Waals surface area contributed by atoms with Crippen molar-refractivity contribution in [1.82, 2.24) is 29.8 Å². The van der Waals surface area contributed by atoms with Gasteiger partial charge in [0, 0.05) is 36.6 Å². The van der Waals surface area contributed by atoms with Crippen molar-refractivity contribution in [1.29, 1.82) is 0 Å². The van der Waals surface area contributed by atoms with Crippen molar-refractivity contribution in [2.75, 3.05) is 0 Å². The van der Waals surface area contributed by atoms with Gasteiger partial charge in [-0.05, 0) is 93.2 Å². The first kappa shape index (κ1) is 24.1. The maximum Gasteiger partial charge on any atom is 0.179 e. The van der Waals surface area contributed by atoms with Crippen molar-refractivity contribution in [3.8, 4) is 0 Å². The number of aromatic nitrogens is 6. The quantitative estimate of drug-likeness (QED) is 0.269. The highest BCUT2D eigenvalue weighted by Gasteiger charge is 2.23. The Morgan fingerprint density at radius 3 is 2.59 bits per heavy atom. The summed E-state index contributed by atoms with van der Waals surface area (Å²) in [6.45, 7) is 3.08. The number of benzene rings is 1. The zero-order valence-electron chi connectivity index (χ0n) is 22.2. The number of pyridine rings is 1. The second-order valence-electron chi connectivity index (χ2n) is 11.3. The van der Waals surface area contributed by atoms with Gasteiger partial charge in [0.15, 0.2) is 5.65 Å². The number of nitrogens with zero attached hydrogens (tertiary/aromatic N) is 6. The van der Waals surface area contributed by atoms with Crippen LogP contribution in [-0.4, -0.2) is 29.8 Å². The summed E-state index contributed by atoms with van der Waals surface area (Å²) in [4.78, 5) is 4.71. The Morgan fingerprint density at radius 1 is 1.03 bits per heavy atom. The predicted molar refractivity (Wildman–Crippen MR) is 148 cm³/mol. The summed E-state index contributed by atoms with van der Waals surface area (Å²) >= 11 is 0. The minimum absolute atomic E-state index is 0.731. The Morgan fingerprint density at radius 2 is 1.84 bits per heavy atom. The van der Waals surface area contributed by atoms with E-state index in [4.69, 9.17) is 10.1 Å². The molecule has 0 radical (unpaired) electrons. The molecule has 0 bridgehead atoms. The third-order valence-corrected chi connectivity index (χ3v) is 8.63. The monoisotopic (exact) mass is 494 g/mol. The fraction of sp³-hybridized carbons (Fsp3) is 0.484. The van der Waals surface area contributed by atoms with E-state index >= 15 is 0 Å². The molecule has 3 aromatic heterocycles. The summed E-state index contributed by atoms with van der Waals surface area (Å²) in [5.74, 6) is 2.31. The van der Waals surface area contributed by atoms with Gasteiger partial charge in [0.1, 0.15) is 5.52 Å². The van der Waals surface area contributed by atoms with E-state index in [1.807, 2.05) is 13.2 Å². The van der Waals surface area contributed by atoms with Crippen molar-refractivity contribution >= 4 is 16.7 Å². The zero-order valence-corrected chi connectivity index (χ0v) is 22.2. The van der Waals surface area contributed by atoms with Crippen LogP contribution in [0.1, 0.15) is 86.1 Å². The third kappa shape index (κ3) is 5.25. The summed E-state index contributed by atoms with van der Waals surface area (Å²) in [5.41, 5.74) is 7.71. The van der Waals surface area contributed by atoms with Crippen LogP contribution in [0.15, 0.2) is 54.9 Å². The van der Waals surface area contributed by atoms with Gasteiger partial charge in [0.2, 0.25) is 0 Å². The second kappa shape index (κ2) is 10.6. The molecule has 2 aliphatic rings. The van der Waals surface area contributed by atoms with Crippen molar-refractivity contribution < 1.29 is 0 Å². The summed E-state index contributed by atoms with van der Waals surface area (Å²) in [6, 6.07) is 13.2. The first-order valence-electron chi connectivity index (χ1n) is 14.1. The van der Waals surface area contributed by atoms with Crippen LogP contribution in [-0.2, 0) is 13.6 Å². The standard InChI is InChI=1S/C31H38N6/c1-22-18-29(30-31(33-22)36(2)35-34-30)28(27-19-32-37(21-27)20-24-9-6-10-24)13-7-8-23-14-16-26(17-15-23)25-11-4-3-5-12-25/h3-5,11-13,18-19,21,23-24,26H,6-10,14-17,20H2,1-2H3/b28-13+. The van der Waals surface area contributed by atoms with E-state index < -0.39 is 0 Å². The lowest BCUT2D eigenvalue weighted by Crippen LogP contribution is -2.18. The maximum atomic E-state index is 4.75. The summed E-state index contributed by atoms with van der Waals surface area (Å²) in [7, 11) is 1.91. The maximum absolute atomic E-state index is 4.75. The largest absolute Gasteiger partial charge is 0.272 e. The van der Waals surface area contributed by atoms with E-state index in [0.717, 1.165) is 53.1 Å². The third-order valence-electron chi connectivity index (χ3n) is 8.63. The molecular weight excluding hydrogens is 456 g/mol. The average molecular weight is 495 g/mol. The highest BCUT2D eigenvalue weighted by molar-refractivity contribution is 5.92. The van der Waals surface area contributed by atoms with Crippen LogP contribution in [0, 0.1) is 18.8 Å². The van der Waals surface area contributed by atoms with Crippen molar-refractivity contribution in [2.45, 2.75) is 77.2 Å². The van der Waals surface area contributed by atoms with Crippen LogP contribution in [0.4, 0.5) is 0 Å². The molecule has 0 spiro atoms. The molecule has 0 aliphatic heterocycles. The molecule has 1 aromatic carbocycles. The molecule has 0 unspecified atom stereocenters. The molecule has 0 amide bonds. The first-order chi connectivity index (χ1) is 18.1. The first-order valence-corrected chi connectivity index (χ1v) is 14.1. The van der Waals surface area contributed by atoms with Gasteiger partial charge in [-0.1, -0.05) is 48.0 Å². The van der Waals surface area contributed by atoms with Crippen LogP contribution in [0.3, 0.4) is 0 Å². The predicted octanol–water partition coefficient (Wildman–Crippen LogP) is 6.85. The van der Waals surface area contributed by atoms with Gasteiger partial charge in [0.05, 0.1) is 6.20 Å². The number of fused-ring (bicyclic) bond motifs is 1. The van der Waals surface area contributed by atoms with E-state index in [1.165, 1.54) is 68.1 Å². The summed E-state index contributed by atoms with van der Waals surface area (Å²) in [5, 5.41) is 13.5. The topological polar surface area (TPSA) is 61.4 Å². The summed E-state index contributed by atoms with van der Waals surface area (Å²) < 4.78 is 3.91. The van der Waals surface area contributed by atoms with Crippen molar-refractivity contribution in [2.24, 2.45) is 18.9 Å². The molecule has 0 atom stereocenters. The van der Waals surface area contributed by atoms with E-state index in [0.29, 0.717) is 0 Å². The minimum Gasteiger partial charge on any atom is -0.272 e. The Labute approximate surface area is 219 Å². The molecule has 2 fully saturated rings. The van der Waals surface area contributed by atoms with Crippen LogP contribution < -0.4 is 0 Å². The number of hydrogen-bond acceptors (Lipinski definition) is 4. The molecule has 2 aliphatic carbocycles. The van der Waals surface area contributed by atoms with Gasteiger partial charge in [-0.15, -0.1) is 5.10 Å². The molecule has 3 heterocycles. The lowest BCUT2D eigenvalue weighted by molar-refractivity contribution is 0.266. The number of rotatable bonds is 8. The van der Waals surface area contributed by atoms with Gasteiger partial charge in [0.25, 0.3) is 0 Å². The average Bonchev–Trinajstić information content (AvgIpc) is 3.51. The summed E-state index contributed by atoms with van der Waals surface area (Å²) in [6.07, 6.45) is 18.3. The molecule has 192 valence electrons. The van der Waals surface area contributed by atoms with Gasteiger partial charge < -0.3 is 0 Å².